The van der Waals surface area contributed by atoms with Crippen LogP contribution in [-0.2, 0) is 23.7 Å². The molecule has 0 radical (unpaired) electrons. The third kappa shape index (κ3) is 3.26. The molecule has 4 aliphatic heterocycles. The van der Waals surface area contributed by atoms with Crippen molar-refractivity contribution in [2.45, 2.75) is 62.9 Å². The topological polar surface area (TPSA) is 49.5 Å². The summed E-state index contributed by atoms with van der Waals surface area (Å²) in [5.74, 6) is 1.28. The first-order valence-corrected chi connectivity index (χ1v) is 9.84. The Morgan fingerprint density at radius 3 is 2.29 bits per heavy atom. The van der Waals surface area contributed by atoms with Gasteiger partial charge in [0.1, 0.15) is 0 Å². The zero-order valence-electron chi connectivity index (χ0n) is 14.5. The van der Waals surface area contributed by atoms with Gasteiger partial charge >= 0.3 is 0 Å². The van der Waals surface area contributed by atoms with E-state index < -0.39 is 0 Å². The van der Waals surface area contributed by atoms with Crippen LogP contribution in [-0.4, -0.2) is 64.1 Å². The van der Waals surface area contributed by atoms with Crippen molar-refractivity contribution in [1.29, 1.82) is 0 Å². The Morgan fingerprint density at radius 1 is 0.792 bits per heavy atom. The number of hydrogen-bond acceptors (Lipinski definition) is 5. The van der Waals surface area contributed by atoms with E-state index in [1.807, 2.05) is 0 Å². The second-order valence-electron chi connectivity index (χ2n) is 8.78. The Labute approximate surface area is 144 Å². The summed E-state index contributed by atoms with van der Waals surface area (Å²) in [6.45, 7) is 4.79. The van der Waals surface area contributed by atoms with Gasteiger partial charge in [-0.3, -0.25) is 0 Å². The van der Waals surface area contributed by atoms with E-state index in [1.165, 1.54) is 38.5 Å². The summed E-state index contributed by atoms with van der Waals surface area (Å²) in [4.78, 5) is 0. The van der Waals surface area contributed by atoms with E-state index in [0.29, 0.717) is 36.3 Å². The van der Waals surface area contributed by atoms with Gasteiger partial charge in [0.2, 0.25) is 0 Å². The monoisotopic (exact) mass is 338 g/mol. The lowest BCUT2D eigenvalue weighted by Crippen LogP contribution is -2.52. The molecule has 6 atom stereocenters. The van der Waals surface area contributed by atoms with Crippen LogP contribution >= 0.6 is 0 Å². The summed E-state index contributed by atoms with van der Waals surface area (Å²) in [6.07, 6.45) is 9.54. The largest absolute Gasteiger partial charge is 0.380 e. The first-order chi connectivity index (χ1) is 11.8. The highest BCUT2D eigenvalue weighted by molar-refractivity contribution is 4.92. The fourth-order valence-corrected chi connectivity index (χ4v) is 4.87. The van der Waals surface area contributed by atoms with Crippen molar-refractivity contribution in [2.75, 3.05) is 39.6 Å². The molecule has 0 aromatic heterocycles. The fourth-order valence-electron chi connectivity index (χ4n) is 4.87. The van der Waals surface area contributed by atoms with Gasteiger partial charge in [-0.15, -0.1) is 0 Å². The van der Waals surface area contributed by atoms with Gasteiger partial charge in [-0.25, -0.2) is 0 Å². The Hall–Kier alpha value is -0.200. The third-order valence-electron chi connectivity index (χ3n) is 6.68. The summed E-state index contributed by atoms with van der Waals surface area (Å²) >= 11 is 0. The Balaban J connectivity index is 1.01. The van der Waals surface area contributed by atoms with Gasteiger partial charge in [0.05, 0.1) is 62.9 Å². The Bertz CT molecular complexity index is 442. The minimum Gasteiger partial charge on any atom is -0.380 e. The summed E-state index contributed by atoms with van der Waals surface area (Å²) in [5, 5.41) is 0. The predicted octanol–water partition coefficient (Wildman–Crippen LogP) is 2.17. The molecule has 5 heteroatoms. The van der Waals surface area contributed by atoms with Crippen LogP contribution in [0.2, 0.25) is 0 Å². The molecule has 0 spiro atoms. The SMILES string of the molecule is C1CC2OC2CC1COCC1(COCC2CCC3CC2O3)COC1. The zero-order chi connectivity index (χ0) is 16.0. The lowest BCUT2D eigenvalue weighted by atomic mass is 9.80. The van der Waals surface area contributed by atoms with Gasteiger partial charge in [-0.05, 0) is 38.0 Å². The van der Waals surface area contributed by atoms with E-state index in [0.717, 1.165) is 39.6 Å². The standard InChI is InChI=1S/C19H30O5/c1-4-16-18(24-16)5-13(1)7-20-9-19(11-22-12-19)10-21-8-14-2-3-15-6-17(14)23-15/h13-18H,1-12H2. The van der Waals surface area contributed by atoms with Crippen molar-refractivity contribution in [3.8, 4) is 0 Å². The quantitative estimate of drug-likeness (QED) is 0.635. The molecule has 2 saturated carbocycles. The number of rotatable bonds is 8. The molecule has 5 nitrogen and oxygen atoms in total. The molecule has 4 saturated heterocycles. The lowest BCUT2D eigenvalue weighted by molar-refractivity contribution is -0.210. The van der Waals surface area contributed by atoms with Gasteiger partial charge < -0.3 is 23.7 Å². The van der Waals surface area contributed by atoms with Crippen LogP contribution in [0.15, 0.2) is 0 Å². The van der Waals surface area contributed by atoms with Crippen molar-refractivity contribution in [3.63, 3.8) is 0 Å². The maximum Gasteiger partial charge on any atom is 0.0845 e. The van der Waals surface area contributed by atoms with E-state index in [9.17, 15) is 0 Å². The van der Waals surface area contributed by atoms with Crippen LogP contribution in [0, 0.1) is 17.3 Å². The summed E-state index contributed by atoms with van der Waals surface area (Å²) in [7, 11) is 0. The van der Waals surface area contributed by atoms with E-state index in [2.05, 4.69) is 0 Å². The van der Waals surface area contributed by atoms with Crippen LogP contribution in [0.25, 0.3) is 0 Å². The molecule has 136 valence electrons. The van der Waals surface area contributed by atoms with Crippen LogP contribution in [0.5, 0.6) is 0 Å². The highest BCUT2D eigenvalue weighted by Gasteiger charge is 2.45. The number of fused-ring (bicyclic) bond motifs is 3. The minimum absolute atomic E-state index is 0.0882. The van der Waals surface area contributed by atoms with Gasteiger partial charge in [0, 0.05) is 18.9 Å². The van der Waals surface area contributed by atoms with E-state index in [1.54, 1.807) is 0 Å². The highest BCUT2D eigenvalue weighted by atomic mass is 16.6. The van der Waals surface area contributed by atoms with Crippen LogP contribution in [0.3, 0.4) is 0 Å². The molecular weight excluding hydrogens is 308 g/mol. The zero-order valence-corrected chi connectivity index (χ0v) is 14.5. The van der Waals surface area contributed by atoms with Crippen LogP contribution < -0.4 is 0 Å². The smallest absolute Gasteiger partial charge is 0.0845 e. The maximum atomic E-state index is 6.08. The van der Waals surface area contributed by atoms with Gasteiger partial charge in [-0.1, -0.05) is 0 Å². The van der Waals surface area contributed by atoms with Crippen LogP contribution in [0.1, 0.15) is 38.5 Å². The second kappa shape index (κ2) is 6.51. The highest BCUT2D eigenvalue weighted by Crippen LogP contribution is 2.40. The summed E-state index contributed by atoms with van der Waals surface area (Å²) < 4.78 is 29.1. The molecule has 24 heavy (non-hydrogen) atoms. The predicted molar refractivity (Wildman–Crippen MR) is 86.9 cm³/mol. The van der Waals surface area contributed by atoms with Crippen molar-refractivity contribution in [2.24, 2.45) is 17.3 Å². The molecule has 2 bridgehead atoms. The molecule has 6 fully saturated rings. The molecule has 0 aromatic rings. The van der Waals surface area contributed by atoms with Crippen molar-refractivity contribution >= 4 is 0 Å². The molecule has 6 rings (SSSR count). The molecule has 6 aliphatic rings. The average molecular weight is 338 g/mol. The fraction of sp³-hybridized carbons (Fsp3) is 1.00. The second-order valence-corrected chi connectivity index (χ2v) is 8.78. The number of ether oxygens (including phenoxy) is 5. The van der Waals surface area contributed by atoms with E-state index in [-0.39, 0.29) is 5.41 Å². The molecule has 4 heterocycles. The van der Waals surface area contributed by atoms with Gasteiger partial charge in [0.15, 0.2) is 0 Å². The Morgan fingerprint density at radius 2 is 1.62 bits per heavy atom. The first kappa shape index (κ1) is 16.0. The molecule has 0 amide bonds. The van der Waals surface area contributed by atoms with E-state index in [4.69, 9.17) is 23.7 Å². The molecule has 6 unspecified atom stereocenters. The average Bonchev–Trinajstić information content (AvgIpc) is 3.30. The summed E-state index contributed by atoms with van der Waals surface area (Å²) in [6, 6.07) is 0. The van der Waals surface area contributed by atoms with Crippen molar-refractivity contribution in [3.05, 3.63) is 0 Å². The number of epoxide rings is 1. The first-order valence-electron chi connectivity index (χ1n) is 9.84. The lowest BCUT2D eigenvalue weighted by Gasteiger charge is -2.47. The van der Waals surface area contributed by atoms with Crippen molar-refractivity contribution in [1.82, 2.24) is 0 Å². The van der Waals surface area contributed by atoms with Crippen molar-refractivity contribution < 1.29 is 23.7 Å². The molecule has 0 N–H and O–H groups in total. The minimum atomic E-state index is 0.0882. The molecule has 0 aromatic carbocycles. The van der Waals surface area contributed by atoms with E-state index >= 15 is 0 Å². The third-order valence-corrected chi connectivity index (χ3v) is 6.68. The van der Waals surface area contributed by atoms with Gasteiger partial charge in [0.25, 0.3) is 0 Å². The van der Waals surface area contributed by atoms with Crippen LogP contribution in [0.4, 0.5) is 0 Å². The number of hydrogen-bond donors (Lipinski definition) is 0. The maximum absolute atomic E-state index is 6.08. The normalized spacial score (nSPS) is 45.0. The molecular formula is C19H30O5. The van der Waals surface area contributed by atoms with Gasteiger partial charge in [-0.2, -0.15) is 0 Å². The molecule has 2 aliphatic carbocycles. The summed E-state index contributed by atoms with van der Waals surface area (Å²) in [5.41, 5.74) is 0.0882. The Kier molecular flexibility index (Phi) is 4.34.